The lowest BCUT2D eigenvalue weighted by atomic mass is 10.1. The SMILES string of the molecule is NC(CCc1ccccc1)C(=O)Nc1cc(Cl)cc(Cl)c1. The Morgan fingerprint density at radius 1 is 1.10 bits per heavy atom. The van der Waals surface area contributed by atoms with Gasteiger partial charge in [-0.2, -0.15) is 0 Å². The molecule has 3 N–H and O–H groups in total. The second-order valence-corrected chi connectivity index (χ2v) is 5.65. The van der Waals surface area contributed by atoms with E-state index >= 15 is 0 Å². The van der Waals surface area contributed by atoms with Gasteiger partial charge in [-0.1, -0.05) is 53.5 Å². The van der Waals surface area contributed by atoms with E-state index in [-0.39, 0.29) is 5.91 Å². The molecule has 110 valence electrons. The zero-order valence-corrected chi connectivity index (χ0v) is 12.9. The molecule has 2 aromatic carbocycles. The molecule has 21 heavy (non-hydrogen) atoms. The molecule has 0 spiro atoms. The van der Waals surface area contributed by atoms with Crippen molar-refractivity contribution >= 4 is 34.8 Å². The number of nitrogens with two attached hydrogens (primary N) is 1. The highest BCUT2D eigenvalue weighted by Gasteiger charge is 2.14. The summed E-state index contributed by atoms with van der Waals surface area (Å²) in [5, 5.41) is 3.66. The smallest absolute Gasteiger partial charge is 0.241 e. The molecular formula is C16H16Cl2N2O. The summed E-state index contributed by atoms with van der Waals surface area (Å²) in [6.45, 7) is 0. The van der Waals surface area contributed by atoms with E-state index in [0.29, 0.717) is 22.2 Å². The van der Waals surface area contributed by atoms with Crippen molar-refractivity contribution in [1.29, 1.82) is 0 Å². The van der Waals surface area contributed by atoms with Crippen LogP contribution < -0.4 is 11.1 Å². The maximum atomic E-state index is 12.0. The van der Waals surface area contributed by atoms with Gasteiger partial charge in [0, 0.05) is 15.7 Å². The van der Waals surface area contributed by atoms with Crippen LogP contribution in [0.4, 0.5) is 5.69 Å². The third-order valence-corrected chi connectivity index (χ3v) is 3.49. The predicted molar refractivity (Wildman–Crippen MR) is 87.8 cm³/mol. The Morgan fingerprint density at radius 3 is 2.33 bits per heavy atom. The average Bonchev–Trinajstić information content (AvgIpc) is 2.44. The average molecular weight is 323 g/mol. The Bertz CT molecular complexity index is 597. The summed E-state index contributed by atoms with van der Waals surface area (Å²) in [6, 6.07) is 14.2. The molecule has 1 amide bonds. The number of benzene rings is 2. The Balaban J connectivity index is 1.90. The summed E-state index contributed by atoms with van der Waals surface area (Å²) in [6.07, 6.45) is 1.33. The molecule has 1 atom stereocenters. The maximum absolute atomic E-state index is 12.0. The van der Waals surface area contributed by atoms with Crippen molar-refractivity contribution in [3.05, 3.63) is 64.1 Å². The number of halogens is 2. The van der Waals surface area contributed by atoms with Gasteiger partial charge in [0.2, 0.25) is 5.91 Å². The fraction of sp³-hybridized carbons (Fsp3) is 0.188. The summed E-state index contributed by atoms with van der Waals surface area (Å²) in [5.41, 5.74) is 7.62. The molecule has 0 bridgehead atoms. The van der Waals surface area contributed by atoms with Crippen molar-refractivity contribution in [2.24, 2.45) is 5.73 Å². The van der Waals surface area contributed by atoms with Gasteiger partial charge in [-0.05, 0) is 36.6 Å². The number of nitrogens with one attached hydrogen (secondary N) is 1. The highest BCUT2D eigenvalue weighted by atomic mass is 35.5. The Labute approximate surface area is 134 Å². The molecule has 1 unspecified atom stereocenters. The van der Waals surface area contributed by atoms with Crippen LogP contribution in [0.1, 0.15) is 12.0 Å². The summed E-state index contributed by atoms with van der Waals surface area (Å²) in [4.78, 5) is 12.0. The zero-order chi connectivity index (χ0) is 15.2. The van der Waals surface area contributed by atoms with Crippen LogP contribution >= 0.6 is 23.2 Å². The lowest BCUT2D eigenvalue weighted by Crippen LogP contribution is -2.36. The molecular weight excluding hydrogens is 307 g/mol. The highest BCUT2D eigenvalue weighted by molar-refractivity contribution is 6.35. The van der Waals surface area contributed by atoms with Crippen molar-refractivity contribution in [3.63, 3.8) is 0 Å². The van der Waals surface area contributed by atoms with Gasteiger partial charge >= 0.3 is 0 Å². The molecule has 5 heteroatoms. The van der Waals surface area contributed by atoms with Crippen LogP contribution in [0.3, 0.4) is 0 Å². The van der Waals surface area contributed by atoms with Crippen LogP contribution in [0.25, 0.3) is 0 Å². The minimum atomic E-state index is -0.581. The number of hydrogen-bond donors (Lipinski definition) is 2. The molecule has 0 fully saturated rings. The van der Waals surface area contributed by atoms with Gasteiger partial charge < -0.3 is 11.1 Å². The number of hydrogen-bond acceptors (Lipinski definition) is 2. The van der Waals surface area contributed by atoms with E-state index in [1.165, 1.54) is 0 Å². The first-order valence-electron chi connectivity index (χ1n) is 6.61. The van der Waals surface area contributed by atoms with E-state index in [1.54, 1.807) is 18.2 Å². The molecule has 0 radical (unpaired) electrons. The second kappa shape index (κ2) is 7.46. The molecule has 2 rings (SSSR count). The molecule has 0 heterocycles. The number of rotatable bonds is 5. The van der Waals surface area contributed by atoms with Gasteiger partial charge in [0.25, 0.3) is 0 Å². The van der Waals surface area contributed by atoms with Crippen LogP contribution in [-0.4, -0.2) is 11.9 Å². The van der Waals surface area contributed by atoms with E-state index in [9.17, 15) is 4.79 Å². The van der Waals surface area contributed by atoms with Gasteiger partial charge in [0.1, 0.15) is 0 Å². The fourth-order valence-electron chi connectivity index (χ4n) is 1.96. The third-order valence-electron chi connectivity index (χ3n) is 3.05. The molecule has 0 saturated carbocycles. The normalized spacial score (nSPS) is 12.0. The Hall–Kier alpha value is -1.55. The van der Waals surface area contributed by atoms with Crippen LogP contribution in [0.15, 0.2) is 48.5 Å². The molecule has 2 aromatic rings. The van der Waals surface area contributed by atoms with Crippen molar-refractivity contribution in [3.8, 4) is 0 Å². The minimum absolute atomic E-state index is 0.246. The van der Waals surface area contributed by atoms with E-state index in [0.717, 1.165) is 12.0 Å². The van der Waals surface area contributed by atoms with E-state index in [1.807, 2.05) is 30.3 Å². The monoisotopic (exact) mass is 322 g/mol. The summed E-state index contributed by atoms with van der Waals surface area (Å²) >= 11 is 11.8. The van der Waals surface area contributed by atoms with Crippen molar-refractivity contribution in [2.45, 2.75) is 18.9 Å². The summed E-state index contributed by atoms with van der Waals surface area (Å²) in [5.74, 6) is -0.246. The minimum Gasteiger partial charge on any atom is -0.325 e. The predicted octanol–water partition coefficient (Wildman–Crippen LogP) is 3.89. The molecule has 0 aliphatic rings. The zero-order valence-electron chi connectivity index (χ0n) is 11.4. The number of amides is 1. The lowest BCUT2D eigenvalue weighted by Gasteiger charge is -2.12. The van der Waals surface area contributed by atoms with Gasteiger partial charge in [0.05, 0.1) is 6.04 Å². The number of carbonyl (C=O) groups excluding carboxylic acids is 1. The van der Waals surface area contributed by atoms with Crippen LogP contribution in [0, 0.1) is 0 Å². The van der Waals surface area contributed by atoms with Gasteiger partial charge in [-0.15, -0.1) is 0 Å². The van der Waals surface area contributed by atoms with Crippen molar-refractivity contribution < 1.29 is 4.79 Å². The van der Waals surface area contributed by atoms with E-state index in [2.05, 4.69) is 5.32 Å². The largest absolute Gasteiger partial charge is 0.325 e. The molecule has 0 saturated heterocycles. The topological polar surface area (TPSA) is 55.1 Å². The summed E-state index contributed by atoms with van der Waals surface area (Å²) < 4.78 is 0. The quantitative estimate of drug-likeness (QED) is 0.877. The molecule has 0 aliphatic carbocycles. The van der Waals surface area contributed by atoms with E-state index < -0.39 is 6.04 Å². The first-order chi connectivity index (χ1) is 10.0. The summed E-state index contributed by atoms with van der Waals surface area (Å²) in [7, 11) is 0. The van der Waals surface area contributed by atoms with Crippen molar-refractivity contribution in [1.82, 2.24) is 0 Å². The third kappa shape index (κ3) is 5.05. The van der Waals surface area contributed by atoms with E-state index in [4.69, 9.17) is 28.9 Å². The first-order valence-corrected chi connectivity index (χ1v) is 7.36. The van der Waals surface area contributed by atoms with Gasteiger partial charge in [-0.25, -0.2) is 0 Å². The molecule has 0 aliphatic heterocycles. The number of anilines is 1. The Kier molecular flexibility index (Phi) is 5.62. The highest BCUT2D eigenvalue weighted by Crippen LogP contribution is 2.22. The van der Waals surface area contributed by atoms with Crippen LogP contribution in [-0.2, 0) is 11.2 Å². The number of aryl methyl sites for hydroxylation is 1. The standard InChI is InChI=1S/C16H16Cl2N2O/c17-12-8-13(18)10-14(9-12)20-16(21)15(19)7-6-11-4-2-1-3-5-11/h1-5,8-10,15H,6-7,19H2,(H,20,21). The molecule has 0 aromatic heterocycles. The lowest BCUT2D eigenvalue weighted by molar-refractivity contribution is -0.117. The second-order valence-electron chi connectivity index (χ2n) is 4.78. The van der Waals surface area contributed by atoms with Gasteiger partial charge in [0.15, 0.2) is 0 Å². The molecule has 3 nitrogen and oxygen atoms in total. The first kappa shape index (κ1) is 15.8. The van der Waals surface area contributed by atoms with Crippen molar-refractivity contribution in [2.75, 3.05) is 5.32 Å². The fourth-order valence-corrected chi connectivity index (χ4v) is 2.48. The number of carbonyl (C=O) groups is 1. The maximum Gasteiger partial charge on any atom is 0.241 e. The van der Waals surface area contributed by atoms with Crippen LogP contribution in [0.2, 0.25) is 10.0 Å². The van der Waals surface area contributed by atoms with Gasteiger partial charge in [-0.3, -0.25) is 4.79 Å². The Morgan fingerprint density at radius 2 is 1.71 bits per heavy atom. The van der Waals surface area contributed by atoms with Crippen LogP contribution in [0.5, 0.6) is 0 Å².